The summed E-state index contributed by atoms with van der Waals surface area (Å²) >= 11 is -1.28. The zero-order valence-corrected chi connectivity index (χ0v) is 25.5. The first kappa shape index (κ1) is 28.9. The minimum atomic E-state index is -2.73. The van der Waals surface area contributed by atoms with Gasteiger partial charge in [0.2, 0.25) is 0 Å². The topological polar surface area (TPSA) is 44.3 Å². The Bertz CT molecular complexity index is 943. The molecule has 0 aliphatic carbocycles. The fourth-order valence-electron chi connectivity index (χ4n) is 3.79. The van der Waals surface area contributed by atoms with Crippen molar-refractivity contribution in [2.45, 2.75) is 83.4 Å². The first-order valence-electron chi connectivity index (χ1n) is 12.0. The van der Waals surface area contributed by atoms with Crippen LogP contribution in [-0.4, -0.2) is 37.8 Å². The van der Waals surface area contributed by atoms with Crippen LogP contribution in [0.2, 0.25) is 24.7 Å². The second kappa shape index (κ2) is 10.7. The summed E-state index contributed by atoms with van der Waals surface area (Å²) in [6.45, 7) is 21.8. The van der Waals surface area contributed by atoms with Gasteiger partial charge in [0, 0.05) is 11.4 Å². The van der Waals surface area contributed by atoms with Crippen molar-refractivity contribution in [3.05, 3.63) is 60.7 Å². The van der Waals surface area contributed by atoms with Crippen LogP contribution in [0.3, 0.4) is 0 Å². The number of hydrogen-bond acceptors (Lipinski definition) is 3. The minimum Gasteiger partial charge on any atom is -0.598 e. The smallest absolute Gasteiger partial charge is 0.261 e. The molecule has 2 aromatic rings. The van der Waals surface area contributed by atoms with Gasteiger partial charge < -0.3 is 8.98 Å². The Morgan fingerprint density at radius 3 is 1.62 bits per heavy atom. The summed E-state index contributed by atoms with van der Waals surface area (Å²) in [5.41, 5.74) is 2.76. The van der Waals surface area contributed by atoms with Gasteiger partial charge >= 0.3 is 0 Å². The SMILES string of the molecule is CC(C)(C)[S@+]([O-])N[C@](C)(C#C[Si](C)(C)C)CO[Si](c1ccccc1)(c1ccccc1)C(C)(C)C. The highest BCUT2D eigenvalue weighted by Crippen LogP contribution is 2.37. The highest BCUT2D eigenvalue weighted by Gasteiger charge is 2.51. The summed E-state index contributed by atoms with van der Waals surface area (Å²) in [5.74, 6) is 3.47. The van der Waals surface area contributed by atoms with Crippen LogP contribution in [-0.2, 0) is 15.8 Å². The van der Waals surface area contributed by atoms with Crippen molar-refractivity contribution >= 4 is 38.1 Å². The third kappa shape index (κ3) is 7.33. The second-order valence-corrected chi connectivity index (χ2v) is 23.3. The van der Waals surface area contributed by atoms with E-state index in [-0.39, 0.29) is 5.04 Å². The van der Waals surface area contributed by atoms with Gasteiger partial charge in [0.1, 0.15) is 18.4 Å². The average molecular weight is 514 g/mol. The monoisotopic (exact) mass is 513 g/mol. The summed E-state index contributed by atoms with van der Waals surface area (Å²) in [7, 11) is -4.37. The van der Waals surface area contributed by atoms with E-state index in [1.54, 1.807) is 0 Å². The Balaban J connectivity index is 2.62. The lowest BCUT2D eigenvalue weighted by Crippen LogP contribution is -2.68. The van der Waals surface area contributed by atoms with E-state index in [0.717, 1.165) is 0 Å². The van der Waals surface area contributed by atoms with E-state index in [2.05, 4.69) is 105 Å². The van der Waals surface area contributed by atoms with Gasteiger partial charge in [-0.15, -0.1) is 10.3 Å². The van der Waals surface area contributed by atoms with Crippen LogP contribution >= 0.6 is 0 Å². The zero-order valence-electron chi connectivity index (χ0n) is 22.7. The minimum absolute atomic E-state index is 0.133. The van der Waals surface area contributed by atoms with Gasteiger partial charge in [-0.1, -0.05) is 107 Å². The Labute approximate surface area is 213 Å². The van der Waals surface area contributed by atoms with Crippen LogP contribution in [0, 0.1) is 11.5 Å². The molecule has 34 heavy (non-hydrogen) atoms. The van der Waals surface area contributed by atoms with Gasteiger partial charge in [-0.05, 0) is 43.1 Å². The molecule has 0 aliphatic rings. The van der Waals surface area contributed by atoms with Crippen molar-refractivity contribution in [3.63, 3.8) is 0 Å². The van der Waals surface area contributed by atoms with Crippen molar-refractivity contribution in [2.24, 2.45) is 0 Å². The average Bonchev–Trinajstić information content (AvgIpc) is 2.72. The second-order valence-electron chi connectivity index (χ2n) is 12.3. The van der Waals surface area contributed by atoms with E-state index in [1.807, 2.05) is 39.8 Å². The van der Waals surface area contributed by atoms with E-state index < -0.39 is 38.0 Å². The number of hydrogen-bond donors (Lipinski definition) is 1. The van der Waals surface area contributed by atoms with Crippen molar-refractivity contribution in [1.29, 1.82) is 0 Å². The van der Waals surface area contributed by atoms with Gasteiger partial charge in [-0.2, -0.15) is 0 Å². The van der Waals surface area contributed by atoms with Gasteiger partial charge in [0.25, 0.3) is 8.32 Å². The van der Waals surface area contributed by atoms with Crippen LogP contribution in [0.1, 0.15) is 48.5 Å². The predicted octanol–water partition coefficient (Wildman–Crippen LogP) is 5.25. The highest BCUT2D eigenvalue weighted by molar-refractivity contribution is 7.90. The maximum absolute atomic E-state index is 13.2. The van der Waals surface area contributed by atoms with Crippen LogP contribution in [0.4, 0.5) is 0 Å². The quantitative estimate of drug-likeness (QED) is 0.312. The predicted molar refractivity (Wildman–Crippen MR) is 154 cm³/mol. The Kier molecular flexibility index (Phi) is 9.12. The lowest BCUT2D eigenvalue weighted by Gasteiger charge is -2.44. The van der Waals surface area contributed by atoms with Gasteiger partial charge in [-0.3, -0.25) is 0 Å². The third-order valence-corrected chi connectivity index (χ3v) is 13.2. The summed E-state index contributed by atoms with van der Waals surface area (Å²) in [4.78, 5) is 0. The van der Waals surface area contributed by atoms with E-state index >= 15 is 0 Å². The van der Waals surface area contributed by atoms with E-state index in [1.165, 1.54) is 10.4 Å². The fourth-order valence-corrected chi connectivity index (χ4v) is 9.93. The van der Waals surface area contributed by atoms with E-state index in [9.17, 15) is 4.55 Å². The van der Waals surface area contributed by atoms with Crippen LogP contribution in [0.25, 0.3) is 0 Å². The number of nitrogens with one attached hydrogen (secondary N) is 1. The molecule has 0 saturated heterocycles. The van der Waals surface area contributed by atoms with Gasteiger partial charge in [0.15, 0.2) is 0 Å². The summed E-state index contributed by atoms with van der Waals surface area (Å²) < 4.78 is 23.3. The Morgan fingerprint density at radius 2 is 1.26 bits per heavy atom. The molecule has 0 radical (unpaired) electrons. The van der Waals surface area contributed by atoms with Crippen molar-refractivity contribution in [3.8, 4) is 11.5 Å². The molecule has 3 nitrogen and oxygen atoms in total. The molecule has 2 atom stereocenters. The molecule has 0 heterocycles. The van der Waals surface area contributed by atoms with Crippen molar-refractivity contribution < 1.29 is 8.98 Å². The maximum Gasteiger partial charge on any atom is 0.261 e. The van der Waals surface area contributed by atoms with Crippen LogP contribution < -0.4 is 15.1 Å². The first-order valence-corrected chi connectivity index (χ1v) is 18.6. The molecule has 2 aromatic carbocycles. The molecule has 6 heteroatoms. The molecule has 186 valence electrons. The van der Waals surface area contributed by atoms with Crippen LogP contribution in [0.15, 0.2) is 60.7 Å². The Hall–Kier alpha value is -1.34. The largest absolute Gasteiger partial charge is 0.598 e. The van der Waals surface area contributed by atoms with Crippen molar-refractivity contribution in [1.82, 2.24) is 4.72 Å². The highest BCUT2D eigenvalue weighted by atomic mass is 32.2. The lowest BCUT2D eigenvalue weighted by molar-refractivity contribution is 0.239. The molecular weight excluding hydrogens is 471 g/mol. The summed E-state index contributed by atoms with van der Waals surface area (Å²) in [6, 6.07) is 21.2. The zero-order chi connectivity index (χ0) is 25.8. The molecule has 0 bridgehead atoms. The maximum atomic E-state index is 13.2. The molecule has 1 N–H and O–H groups in total. The molecule has 0 aromatic heterocycles. The molecule has 0 fully saturated rings. The summed E-state index contributed by atoms with van der Waals surface area (Å²) in [5, 5.41) is 2.32. The molecule has 0 unspecified atom stereocenters. The van der Waals surface area contributed by atoms with E-state index in [0.29, 0.717) is 6.61 Å². The fraction of sp³-hybridized carbons (Fsp3) is 0.500. The standard InChI is InChI=1S/C28H43NO2SSi2/c1-26(2,3)32(30)29-28(7,21-22-33(8,9)10)23-31-34(27(4,5)6,24-17-13-11-14-18-24)25-19-15-12-16-20-25/h11-20,29H,23H2,1-10H3/t28-,32+/m1/s1. The first-order chi connectivity index (χ1) is 15.5. The Morgan fingerprint density at radius 1 is 0.824 bits per heavy atom. The van der Waals surface area contributed by atoms with Gasteiger partial charge in [-0.25, -0.2) is 0 Å². The van der Waals surface area contributed by atoms with Gasteiger partial charge in [0.05, 0.1) is 6.61 Å². The molecule has 0 aliphatic heterocycles. The normalized spacial score (nSPS) is 15.7. The van der Waals surface area contributed by atoms with Crippen molar-refractivity contribution in [2.75, 3.05) is 6.61 Å². The van der Waals surface area contributed by atoms with Crippen LogP contribution in [0.5, 0.6) is 0 Å². The number of rotatable bonds is 7. The molecular formula is C28H43NO2SSi2. The number of benzene rings is 2. The third-order valence-electron chi connectivity index (χ3n) is 5.58. The molecule has 0 amide bonds. The van der Waals surface area contributed by atoms with E-state index in [4.69, 9.17) is 4.43 Å². The molecule has 0 spiro atoms. The molecule has 2 rings (SSSR count). The summed E-state index contributed by atoms with van der Waals surface area (Å²) in [6.07, 6.45) is 0. The molecule has 0 saturated carbocycles. The lowest BCUT2D eigenvalue weighted by atomic mass is 10.1.